The SMILES string of the molecule is CCOc1cc(OC(C)C)c(F)c(C(Nc2ccc(C(=N)N)cc2)c2ncc(-c3cccc(NC(C)=O)c3)[nH]2)c1.O=C(O)C(F)(F)F.O=C(O)C(F)(F)F. The number of rotatable bonds is 11. The molecule has 0 bridgehead atoms. The van der Waals surface area contributed by atoms with Crippen LogP contribution in [0.5, 0.6) is 11.5 Å². The van der Waals surface area contributed by atoms with Crippen LogP contribution in [0.3, 0.4) is 0 Å². The molecule has 292 valence electrons. The number of carbonyl (C=O) groups excluding carboxylic acids is 1. The van der Waals surface area contributed by atoms with Crippen molar-refractivity contribution in [3.05, 3.63) is 89.6 Å². The molecule has 1 amide bonds. The number of hydrogen-bond donors (Lipinski definition) is 7. The van der Waals surface area contributed by atoms with Crippen LogP contribution in [0.1, 0.15) is 50.7 Å². The predicted molar refractivity (Wildman–Crippen MR) is 182 cm³/mol. The second kappa shape index (κ2) is 18.9. The van der Waals surface area contributed by atoms with E-state index in [2.05, 4.69) is 20.6 Å². The molecule has 54 heavy (non-hydrogen) atoms. The average molecular weight is 773 g/mol. The second-order valence-corrected chi connectivity index (χ2v) is 11.0. The van der Waals surface area contributed by atoms with E-state index in [1.54, 1.807) is 48.7 Å². The van der Waals surface area contributed by atoms with Crippen LogP contribution in [0.15, 0.2) is 66.9 Å². The molecule has 1 unspecified atom stereocenters. The summed E-state index contributed by atoms with van der Waals surface area (Å²) < 4.78 is 91.0. The van der Waals surface area contributed by atoms with Gasteiger partial charge in [-0.1, -0.05) is 12.1 Å². The van der Waals surface area contributed by atoms with E-state index in [1.807, 2.05) is 39.0 Å². The maximum Gasteiger partial charge on any atom is 0.490 e. The van der Waals surface area contributed by atoms with Crippen molar-refractivity contribution in [1.82, 2.24) is 9.97 Å². The van der Waals surface area contributed by atoms with Gasteiger partial charge in [0.25, 0.3) is 0 Å². The van der Waals surface area contributed by atoms with Gasteiger partial charge in [0.05, 0.1) is 24.6 Å². The van der Waals surface area contributed by atoms with E-state index in [4.69, 9.17) is 40.4 Å². The molecule has 1 atom stereocenters. The molecule has 0 aliphatic rings. The molecule has 4 aromatic rings. The molecule has 8 N–H and O–H groups in total. The van der Waals surface area contributed by atoms with Crippen LogP contribution >= 0.6 is 0 Å². The molecular formula is C34H35F7N6O7. The largest absolute Gasteiger partial charge is 0.494 e. The Morgan fingerprint density at radius 3 is 2.00 bits per heavy atom. The summed E-state index contributed by atoms with van der Waals surface area (Å²) in [5.41, 5.74) is 9.23. The van der Waals surface area contributed by atoms with Gasteiger partial charge in [0.2, 0.25) is 5.91 Å². The number of amidine groups is 1. The number of carboxylic acids is 2. The molecule has 13 nitrogen and oxygen atoms in total. The van der Waals surface area contributed by atoms with Gasteiger partial charge in [0.1, 0.15) is 23.5 Å². The third-order valence-electron chi connectivity index (χ3n) is 6.38. The van der Waals surface area contributed by atoms with Crippen LogP contribution in [0.4, 0.5) is 42.1 Å². The number of H-pyrrole nitrogens is 1. The van der Waals surface area contributed by atoms with Gasteiger partial charge in [0, 0.05) is 41.1 Å². The number of aromatic nitrogens is 2. The molecule has 1 aromatic heterocycles. The number of amides is 1. The van der Waals surface area contributed by atoms with Crippen molar-refractivity contribution in [2.45, 2.75) is 52.2 Å². The van der Waals surface area contributed by atoms with E-state index < -0.39 is 36.2 Å². The summed E-state index contributed by atoms with van der Waals surface area (Å²) in [7, 11) is 0. The van der Waals surface area contributed by atoms with Gasteiger partial charge in [0.15, 0.2) is 11.6 Å². The number of imidazole rings is 1. The third kappa shape index (κ3) is 13.7. The van der Waals surface area contributed by atoms with Crippen molar-refractivity contribution in [3.8, 4) is 22.8 Å². The Morgan fingerprint density at radius 2 is 1.52 bits per heavy atom. The van der Waals surface area contributed by atoms with E-state index in [0.29, 0.717) is 40.8 Å². The van der Waals surface area contributed by atoms with Crippen LogP contribution in [0, 0.1) is 11.2 Å². The first-order chi connectivity index (χ1) is 25.0. The molecule has 0 spiro atoms. The molecule has 0 aliphatic carbocycles. The first kappa shape index (κ1) is 43.8. The fraction of sp³-hybridized carbons (Fsp3) is 0.265. The van der Waals surface area contributed by atoms with E-state index in [1.165, 1.54) is 6.92 Å². The number of alkyl halides is 6. The number of aliphatic carboxylic acids is 2. The number of aromatic amines is 1. The maximum absolute atomic E-state index is 16.0. The van der Waals surface area contributed by atoms with Crippen molar-refractivity contribution in [3.63, 3.8) is 0 Å². The van der Waals surface area contributed by atoms with E-state index in [0.717, 1.165) is 5.56 Å². The predicted octanol–water partition coefficient (Wildman–Crippen LogP) is 7.11. The minimum atomic E-state index is -5.08. The molecule has 0 fully saturated rings. The van der Waals surface area contributed by atoms with Crippen molar-refractivity contribution in [2.24, 2.45) is 5.73 Å². The number of nitrogens with zero attached hydrogens (tertiary/aromatic N) is 1. The minimum absolute atomic E-state index is 0.0498. The number of carbonyl (C=O) groups is 3. The number of anilines is 2. The van der Waals surface area contributed by atoms with E-state index >= 15 is 4.39 Å². The highest BCUT2D eigenvalue weighted by Gasteiger charge is 2.39. The molecule has 0 aliphatic heterocycles. The molecule has 0 radical (unpaired) electrons. The Labute approximate surface area is 302 Å². The Hall–Kier alpha value is -6.34. The lowest BCUT2D eigenvalue weighted by atomic mass is 10.0. The van der Waals surface area contributed by atoms with Crippen molar-refractivity contribution >= 4 is 35.1 Å². The summed E-state index contributed by atoms with van der Waals surface area (Å²) in [5, 5.41) is 28.0. The van der Waals surface area contributed by atoms with Gasteiger partial charge in [-0.15, -0.1) is 0 Å². The quantitative estimate of drug-likeness (QED) is 0.0466. The molecule has 4 rings (SSSR count). The number of ether oxygens (including phenoxy) is 2. The minimum Gasteiger partial charge on any atom is -0.494 e. The van der Waals surface area contributed by atoms with Crippen LogP contribution < -0.4 is 25.8 Å². The summed E-state index contributed by atoms with van der Waals surface area (Å²) in [4.78, 5) is 37.2. The van der Waals surface area contributed by atoms with Gasteiger partial charge in [-0.25, -0.2) is 19.0 Å². The van der Waals surface area contributed by atoms with E-state index in [-0.39, 0.29) is 29.2 Å². The van der Waals surface area contributed by atoms with Crippen molar-refractivity contribution in [1.29, 1.82) is 5.41 Å². The maximum atomic E-state index is 16.0. The number of nitrogen functional groups attached to an aromatic ring is 1. The standard InChI is InChI=1S/C30H33FN6O3.2C2HF3O2/c1-5-39-23-14-24(27(31)26(15-23)40-17(2)3)28(36-21-11-9-19(10-12-21)29(32)33)30-34-16-25(37-30)20-7-6-8-22(13-20)35-18(4)38;2*3-2(4,5)1(6)7/h6-17,28,36H,5H2,1-4H3,(H3,32,33)(H,34,37)(H,35,38);2*(H,6,7). The number of carboxylic acid groups (broad SMARTS) is 2. The first-order valence-corrected chi connectivity index (χ1v) is 15.4. The highest BCUT2D eigenvalue weighted by Crippen LogP contribution is 2.36. The molecule has 1 heterocycles. The molecule has 0 saturated carbocycles. The first-order valence-electron chi connectivity index (χ1n) is 15.4. The number of nitrogens with one attached hydrogen (secondary N) is 4. The monoisotopic (exact) mass is 772 g/mol. The fourth-order valence-corrected chi connectivity index (χ4v) is 4.20. The van der Waals surface area contributed by atoms with Crippen LogP contribution in [0.2, 0.25) is 0 Å². The van der Waals surface area contributed by atoms with Gasteiger partial charge >= 0.3 is 24.3 Å². The lowest BCUT2D eigenvalue weighted by Crippen LogP contribution is -2.21. The second-order valence-electron chi connectivity index (χ2n) is 11.0. The third-order valence-corrected chi connectivity index (χ3v) is 6.38. The Bertz CT molecular complexity index is 1890. The van der Waals surface area contributed by atoms with Gasteiger partial charge < -0.3 is 41.0 Å². The Morgan fingerprint density at radius 1 is 0.944 bits per heavy atom. The summed E-state index contributed by atoms with van der Waals surface area (Å²) in [5.74, 6) is -5.30. The zero-order valence-electron chi connectivity index (χ0n) is 28.8. The molecule has 0 saturated heterocycles. The Balaban J connectivity index is 0.000000610. The number of hydrogen-bond acceptors (Lipinski definition) is 8. The topological polar surface area (TPSA) is 213 Å². The smallest absolute Gasteiger partial charge is 0.490 e. The van der Waals surface area contributed by atoms with Gasteiger partial charge in [-0.2, -0.15) is 26.3 Å². The lowest BCUT2D eigenvalue weighted by Gasteiger charge is -2.22. The number of halogens is 7. The normalized spacial score (nSPS) is 11.6. The number of nitrogens with two attached hydrogens (primary N) is 1. The van der Waals surface area contributed by atoms with Crippen molar-refractivity contribution in [2.75, 3.05) is 17.2 Å². The lowest BCUT2D eigenvalue weighted by molar-refractivity contribution is -0.193. The summed E-state index contributed by atoms with van der Waals surface area (Å²) in [6.07, 6.45) is -8.76. The summed E-state index contributed by atoms with van der Waals surface area (Å²) in [6.45, 7) is 7.35. The Kier molecular flexibility index (Phi) is 15.4. The van der Waals surface area contributed by atoms with Gasteiger partial charge in [-0.05, 0) is 63.2 Å². The zero-order valence-corrected chi connectivity index (χ0v) is 28.8. The van der Waals surface area contributed by atoms with Crippen molar-refractivity contribution < 1.29 is 64.8 Å². The van der Waals surface area contributed by atoms with Crippen LogP contribution in [0.25, 0.3) is 11.3 Å². The molecule has 3 aromatic carbocycles. The number of benzene rings is 3. The summed E-state index contributed by atoms with van der Waals surface area (Å²) in [6, 6.07) is 16.7. The highest BCUT2D eigenvalue weighted by molar-refractivity contribution is 5.95. The summed E-state index contributed by atoms with van der Waals surface area (Å²) >= 11 is 0. The van der Waals surface area contributed by atoms with E-state index in [9.17, 15) is 31.1 Å². The van der Waals surface area contributed by atoms with Gasteiger partial charge in [-0.3, -0.25) is 10.2 Å². The average Bonchev–Trinajstić information content (AvgIpc) is 3.55. The van der Waals surface area contributed by atoms with Crippen LogP contribution in [-0.4, -0.2) is 68.9 Å². The zero-order chi connectivity index (χ0) is 41.0. The fourth-order valence-electron chi connectivity index (χ4n) is 4.20. The highest BCUT2D eigenvalue weighted by atomic mass is 19.4. The molecular weight excluding hydrogens is 737 g/mol. The van der Waals surface area contributed by atoms with Crippen LogP contribution in [-0.2, 0) is 14.4 Å². The molecule has 20 heteroatoms.